The fraction of sp³-hybridized carbons (Fsp3) is 0.333. The smallest absolute Gasteiger partial charge is 0.133 e. The lowest BCUT2D eigenvalue weighted by atomic mass is 10.0. The van der Waals surface area contributed by atoms with Gasteiger partial charge in [-0.25, -0.2) is 13.2 Å². The Hall–Kier alpha value is -0.850. The zero-order valence-electron chi connectivity index (χ0n) is 11.4. The molecule has 1 unspecified atom stereocenters. The highest BCUT2D eigenvalue weighted by Gasteiger charge is 2.22. The van der Waals surface area contributed by atoms with E-state index in [4.69, 9.17) is 0 Å². The first-order chi connectivity index (χ1) is 10.0. The Bertz CT molecular complexity index is 592. The van der Waals surface area contributed by atoms with Gasteiger partial charge >= 0.3 is 0 Å². The van der Waals surface area contributed by atoms with Crippen molar-refractivity contribution in [3.8, 4) is 0 Å². The van der Waals surface area contributed by atoms with E-state index in [2.05, 4.69) is 21.2 Å². The molecule has 0 saturated carbocycles. The summed E-state index contributed by atoms with van der Waals surface area (Å²) in [5.74, 6) is -2.61. The van der Waals surface area contributed by atoms with Crippen LogP contribution in [0, 0.1) is 17.5 Å². The number of benzene rings is 1. The van der Waals surface area contributed by atoms with Crippen LogP contribution in [-0.2, 0) is 6.42 Å². The van der Waals surface area contributed by atoms with E-state index in [0.717, 1.165) is 27.9 Å². The van der Waals surface area contributed by atoms with E-state index in [1.165, 1.54) is 11.3 Å². The summed E-state index contributed by atoms with van der Waals surface area (Å²) < 4.78 is 42.0. The van der Waals surface area contributed by atoms with Crippen LogP contribution in [0.2, 0.25) is 0 Å². The van der Waals surface area contributed by atoms with Crippen molar-refractivity contribution in [1.82, 2.24) is 5.32 Å². The van der Waals surface area contributed by atoms with E-state index >= 15 is 0 Å². The monoisotopic (exact) mass is 377 g/mol. The van der Waals surface area contributed by atoms with E-state index in [9.17, 15) is 13.2 Å². The fourth-order valence-corrected chi connectivity index (χ4v) is 3.70. The minimum atomic E-state index is -0.903. The molecular formula is C15H15BrF3NS. The second-order valence-electron chi connectivity index (χ2n) is 4.69. The predicted molar refractivity (Wildman–Crippen MR) is 83.1 cm³/mol. The van der Waals surface area contributed by atoms with Gasteiger partial charge in [0.05, 0.1) is 0 Å². The van der Waals surface area contributed by atoms with E-state index in [1.54, 1.807) is 0 Å². The Morgan fingerprint density at radius 1 is 1.24 bits per heavy atom. The third kappa shape index (κ3) is 4.08. The largest absolute Gasteiger partial charge is 0.309 e. The molecule has 2 rings (SSSR count). The van der Waals surface area contributed by atoms with Gasteiger partial charge in [-0.1, -0.05) is 6.92 Å². The van der Waals surface area contributed by atoms with Gasteiger partial charge in [-0.05, 0) is 40.3 Å². The second kappa shape index (κ2) is 7.42. The summed E-state index contributed by atoms with van der Waals surface area (Å²) in [5.41, 5.74) is -0.106. The molecule has 21 heavy (non-hydrogen) atoms. The molecule has 0 fully saturated rings. The van der Waals surface area contributed by atoms with Gasteiger partial charge in [-0.3, -0.25) is 0 Å². The SMILES string of the molecule is CCCNC(Cc1sccc1Br)c1c(F)cc(F)cc1F. The van der Waals surface area contributed by atoms with Crippen molar-refractivity contribution in [3.63, 3.8) is 0 Å². The van der Waals surface area contributed by atoms with Gasteiger partial charge in [0.1, 0.15) is 17.5 Å². The molecule has 0 spiro atoms. The van der Waals surface area contributed by atoms with E-state index in [0.29, 0.717) is 13.0 Å². The lowest BCUT2D eigenvalue weighted by Gasteiger charge is -2.20. The lowest BCUT2D eigenvalue weighted by Crippen LogP contribution is -2.26. The summed E-state index contributed by atoms with van der Waals surface area (Å²) >= 11 is 4.93. The minimum Gasteiger partial charge on any atom is -0.309 e. The maximum absolute atomic E-state index is 14.0. The number of halogens is 4. The summed E-state index contributed by atoms with van der Waals surface area (Å²) in [4.78, 5) is 0.992. The Kier molecular flexibility index (Phi) is 5.84. The van der Waals surface area contributed by atoms with Crippen molar-refractivity contribution in [2.45, 2.75) is 25.8 Å². The minimum absolute atomic E-state index is 0.106. The topological polar surface area (TPSA) is 12.0 Å². The molecule has 1 heterocycles. The molecule has 2 aromatic rings. The summed E-state index contributed by atoms with van der Waals surface area (Å²) in [6, 6.07) is 2.82. The maximum Gasteiger partial charge on any atom is 0.133 e. The van der Waals surface area contributed by atoms with Crippen molar-refractivity contribution in [2.24, 2.45) is 0 Å². The average Bonchev–Trinajstić information content (AvgIpc) is 2.80. The van der Waals surface area contributed by atoms with Gasteiger partial charge in [0.15, 0.2) is 0 Å². The van der Waals surface area contributed by atoms with Crippen LogP contribution in [0.1, 0.15) is 29.8 Å². The Morgan fingerprint density at radius 3 is 2.43 bits per heavy atom. The number of rotatable bonds is 6. The van der Waals surface area contributed by atoms with Gasteiger partial charge in [-0.2, -0.15) is 0 Å². The molecule has 114 valence electrons. The zero-order chi connectivity index (χ0) is 15.4. The molecule has 0 aliphatic rings. The van der Waals surface area contributed by atoms with Crippen LogP contribution in [0.15, 0.2) is 28.1 Å². The van der Waals surface area contributed by atoms with Gasteiger partial charge in [0.25, 0.3) is 0 Å². The van der Waals surface area contributed by atoms with E-state index < -0.39 is 23.5 Å². The number of nitrogens with one attached hydrogen (secondary N) is 1. The summed E-state index contributed by atoms with van der Waals surface area (Å²) in [6.45, 7) is 2.60. The second-order valence-corrected chi connectivity index (χ2v) is 6.54. The summed E-state index contributed by atoms with van der Waals surface area (Å²) in [6.07, 6.45) is 1.28. The molecule has 6 heteroatoms. The molecule has 0 aliphatic carbocycles. The van der Waals surface area contributed by atoms with E-state index in [1.807, 2.05) is 18.4 Å². The molecule has 1 aromatic carbocycles. The van der Waals surface area contributed by atoms with Crippen LogP contribution < -0.4 is 5.32 Å². The van der Waals surface area contributed by atoms with E-state index in [-0.39, 0.29) is 5.56 Å². The highest BCUT2D eigenvalue weighted by molar-refractivity contribution is 9.10. The molecule has 1 aromatic heterocycles. The standard InChI is InChI=1S/C15H15BrF3NS/c1-2-4-20-13(8-14-10(16)3-5-21-14)15-11(18)6-9(17)7-12(15)19/h3,5-7,13,20H,2,4,8H2,1H3. The molecule has 0 aliphatic heterocycles. The highest BCUT2D eigenvalue weighted by atomic mass is 79.9. The van der Waals surface area contributed by atoms with Gasteiger partial charge in [-0.15, -0.1) is 11.3 Å². The van der Waals surface area contributed by atoms with Crippen molar-refractivity contribution < 1.29 is 13.2 Å². The van der Waals surface area contributed by atoms with Crippen LogP contribution in [0.25, 0.3) is 0 Å². The van der Waals surface area contributed by atoms with Crippen molar-refractivity contribution >= 4 is 27.3 Å². The van der Waals surface area contributed by atoms with Crippen LogP contribution >= 0.6 is 27.3 Å². The molecule has 0 saturated heterocycles. The van der Waals surface area contributed by atoms with Crippen molar-refractivity contribution in [1.29, 1.82) is 0 Å². The Morgan fingerprint density at radius 2 is 1.90 bits per heavy atom. The highest BCUT2D eigenvalue weighted by Crippen LogP contribution is 2.30. The molecule has 1 nitrogen and oxygen atoms in total. The zero-order valence-corrected chi connectivity index (χ0v) is 13.8. The van der Waals surface area contributed by atoms with Crippen LogP contribution in [0.3, 0.4) is 0 Å². The average molecular weight is 378 g/mol. The molecule has 0 radical (unpaired) electrons. The third-order valence-corrected chi connectivity index (χ3v) is 5.06. The number of hydrogen-bond acceptors (Lipinski definition) is 2. The number of hydrogen-bond donors (Lipinski definition) is 1. The van der Waals surface area contributed by atoms with Gasteiger partial charge < -0.3 is 5.32 Å². The molecule has 1 N–H and O–H groups in total. The Balaban J connectivity index is 2.34. The van der Waals surface area contributed by atoms with Crippen LogP contribution in [0.4, 0.5) is 13.2 Å². The quantitative estimate of drug-likeness (QED) is 0.728. The first-order valence-electron chi connectivity index (χ1n) is 6.62. The molecule has 0 bridgehead atoms. The third-order valence-electron chi connectivity index (χ3n) is 3.11. The van der Waals surface area contributed by atoms with Crippen LogP contribution in [-0.4, -0.2) is 6.54 Å². The van der Waals surface area contributed by atoms with Gasteiger partial charge in [0, 0.05) is 39.5 Å². The first-order valence-corrected chi connectivity index (χ1v) is 8.29. The maximum atomic E-state index is 14.0. The number of thiophene rings is 1. The predicted octanol–water partition coefficient (Wildman–Crippen LogP) is 5.21. The van der Waals surface area contributed by atoms with Crippen molar-refractivity contribution in [3.05, 3.63) is 55.9 Å². The first kappa shape index (κ1) is 16.5. The fourth-order valence-electron chi connectivity index (χ4n) is 2.14. The molecular weight excluding hydrogens is 363 g/mol. The molecule has 1 atom stereocenters. The summed E-state index contributed by atoms with van der Waals surface area (Å²) in [7, 11) is 0. The van der Waals surface area contributed by atoms with Crippen molar-refractivity contribution in [2.75, 3.05) is 6.54 Å². The summed E-state index contributed by atoms with van der Waals surface area (Å²) in [5, 5.41) is 5.05. The Labute approximate surface area is 134 Å². The van der Waals surface area contributed by atoms with Gasteiger partial charge in [0.2, 0.25) is 0 Å². The normalized spacial score (nSPS) is 12.6. The molecule has 0 amide bonds. The van der Waals surface area contributed by atoms with Crippen LogP contribution in [0.5, 0.6) is 0 Å². The lowest BCUT2D eigenvalue weighted by molar-refractivity contribution is 0.456.